The number of carbonyl (C=O) groups excluding carboxylic acids is 1. The van der Waals surface area contributed by atoms with E-state index in [1.165, 1.54) is 5.56 Å². The Balaban J connectivity index is 1.52. The molecular formula is C21H27N3O3. The van der Waals surface area contributed by atoms with Crippen molar-refractivity contribution in [2.75, 3.05) is 44.9 Å². The first-order valence-electron chi connectivity index (χ1n) is 9.22. The van der Waals surface area contributed by atoms with Gasteiger partial charge in [0.25, 0.3) is 0 Å². The molecule has 0 unspecified atom stereocenters. The SMILES string of the molecule is COc1ccc(OCCN(C)CCc2ccc(N)cc2)c2c1NC(=O)CC2. The first-order chi connectivity index (χ1) is 13.1. The highest BCUT2D eigenvalue weighted by molar-refractivity contribution is 5.96. The molecule has 0 aliphatic carbocycles. The van der Waals surface area contributed by atoms with Crippen LogP contribution in [0.15, 0.2) is 36.4 Å². The summed E-state index contributed by atoms with van der Waals surface area (Å²) in [5.74, 6) is 1.50. The van der Waals surface area contributed by atoms with Crippen molar-refractivity contribution in [2.24, 2.45) is 0 Å². The molecule has 6 heteroatoms. The van der Waals surface area contributed by atoms with Crippen molar-refractivity contribution in [3.63, 3.8) is 0 Å². The van der Waals surface area contributed by atoms with Gasteiger partial charge < -0.3 is 25.4 Å². The Kier molecular flexibility index (Phi) is 6.19. The molecule has 3 rings (SSSR count). The minimum atomic E-state index is 0.0142. The second-order valence-electron chi connectivity index (χ2n) is 6.81. The average molecular weight is 369 g/mol. The van der Waals surface area contributed by atoms with E-state index in [0.29, 0.717) is 25.2 Å². The van der Waals surface area contributed by atoms with Gasteiger partial charge >= 0.3 is 0 Å². The Hall–Kier alpha value is -2.73. The zero-order valence-electron chi connectivity index (χ0n) is 16.0. The van der Waals surface area contributed by atoms with Crippen LogP contribution in [-0.4, -0.2) is 44.7 Å². The van der Waals surface area contributed by atoms with Crippen LogP contribution in [0.4, 0.5) is 11.4 Å². The molecule has 0 saturated carbocycles. The van der Waals surface area contributed by atoms with Gasteiger partial charge in [-0.15, -0.1) is 0 Å². The lowest BCUT2D eigenvalue weighted by atomic mass is 10.0. The summed E-state index contributed by atoms with van der Waals surface area (Å²) in [7, 11) is 3.69. The molecule has 1 aliphatic heterocycles. The maximum absolute atomic E-state index is 11.7. The van der Waals surface area contributed by atoms with Crippen molar-refractivity contribution in [3.8, 4) is 11.5 Å². The Morgan fingerprint density at radius 3 is 2.56 bits per heavy atom. The van der Waals surface area contributed by atoms with E-state index in [-0.39, 0.29) is 5.91 Å². The van der Waals surface area contributed by atoms with Crippen LogP contribution in [0, 0.1) is 0 Å². The molecule has 2 aromatic carbocycles. The van der Waals surface area contributed by atoms with E-state index in [4.69, 9.17) is 15.2 Å². The second-order valence-corrected chi connectivity index (χ2v) is 6.81. The first kappa shape index (κ1) is 19.0. The number of hydrogen-bond donors (Lipinski definition) is 2. The topological polar surface area (TPSA) is 76.8 Å². The molecule has 0 fully saturated rings. The highest BCUT2D eigenvalue weighted by Gasteiger charge is 2.22. The van der Waals surface area contributed by atoms with Gasteiger partial charge in [-0.2, -0.15) is 0 Å². The Morgan fingerprint density at radius 1 is 1.07 bits per heavy atom. The Labute approximate surface area is 160 Å². The van der Waals surface area contributed by atoms with E-state index >= 15 is 0 Å². The number of benzene rings is 2. The molecular weight excluding hydrogens is 342 g/mol. The van der Waals surface area contributed by atoms with Gasteiger partial charge in [-0.25, -0.2) is 0 Å². The molecule has 6 nitrogen and oxygen atoms in total. The fourth-order valence-electron chi connectivity index (χ4n) is 3.17. The van der Waals surface area contributed by atoms with E-state index in [2.05, 4.69) is 29.4 Å². The number of anilines is 2. The number of fused-ring (bicyclic) bond motifs is 1. The molecule has 2 aromatic rings. The third-order valence-corrected chi connectivity index (χ3v) is 4.81. The maximum Gasteiger partial charge on any atom is 0.224 e. The van der Waals surface area contributed by atoms with Crippen LogP contribution in [-0.2, 0) is 17.6 Å². The minimum Gasteiger partial charge on any atom is -0.495 e. The fraction of sp³-hybridized carbons (Fsp3) is 0.381. The summed E-state index contributed by atoms with van der Waals surface area (Å²) in [6.07, 6.45) is 2.11. The zero-order chi connectivity index (χ0) is 19.2. The monoisotopic (exact) mass is 369 g/mol. The summed E-state index contributed by atoms with van der Waals surface area (Å²) in [4.78, 5) is 13.9. The van der Waals surface area contributed by atoms with Crippen molar-refractivity contribution >= 4 is 17.3 Å². The number of carbonyl (C=O) groups is 1. The van der Waals surface area contributed by atoms with E-state index in [1.54, 1.807) is 7.11 Å². The van der Waals surface area contributed by atoms with Crippen LogP contribution in [0.2, 0.25) is 0 Å². The lowest BCUT2D eigenvalue weighted by Gasteiger charge is -2.23. The van der Waals surface area contributed by atoms with Gasteiger partial charge in [0.2, 0.25) is 5.91 Å². The van der Waals surface area contributed by atoms with Gasteiger partial charge in [0, 0.05) is 30.8 Å². The number of nitrogens with two attached hydrogens (primary N) is 1. The molecule has 0 spiro atoms. The molecule has 144 valence electrons. The summed E-state index contributed by atoms with van der Waals surface area (Å²) in [5.41, 5.74) is 9.54. The number of nitrogens with one attached hydrogen (secondary N) is 1. The molecule has 0 atom stereocenters. The number of nitrogens with zero attached hydrogens (tertiary/aromatic N) is 1. The van der Waals surface area contributed by atoms with E-state index in [1.807, 2.05) is 24.3 Å². The molecule has 0 saturated heterocycles. The highest BCUT2D eigenvalue weighted by atomic mass is 16.5. The van der Waals surface area contributed by atoms with E-state index in [0.717, 1.165) is 42.2 Å². The third-order valence-electron chi connectivity index (χ3n) is 4.81. The Morgan fingerprint density at radius 2 is 1.81 bits per heavy atom. The van der Waals surface area contributed by atoms with Crippen LogP contribution in [0.5, 0.6) is 11.5 Å². The average Bonchev–Trinajstić information content (AvgIpc) is 2.67. The molecule has 3 N–H and O–H groups in total. The quantitative estimate of drug-likeness (QED) is 0.700. The van der Waals surface area contributed by atoms with Gasteiger partial charge in [-0.05, 0) is 49.7 Å². The standard InChI is InChI=1S/C21H27N3O3/c1-24(12-11-15-3-5-16(22)6-4-15)13-14-27-18-8-9-19(26-2)21-17(18)7-10-20(25)23-21/h3-6,8-9H,7,10-14,22H2,1-2H3,(H,23,25). The second kappa shape index (κ2) is 8.77. The lowest BCUT2D eigenvalue weighted by Crippen LogP contribution is -2.27. The molecule has 1 amide bonds. The number of methoxy groups -OCH3 is 1. The number of nitrogen functional groups attached to an aromatic ring is 1. The number of hydrogen-bond acceptors (Lipinski definition) is 5. The minimum absolute atomic E-state index is 0.0142. The largest absolute Gasteiger partial charge is 0.495 e. The summed E-state index contributed by atoms with van der Waals surface area (Å²) < 4.78 is 11.4. The maximum atomic E-state index is 11.7. The molecule has 0 aromatic heterocycles. The molecule has 27 heavy (non-hydrogen) atoms. The van der Waals surface area contributed by atoms with E-state index in [9.17, 15) is 4.79 Å². The van der Waals surface area contributed by atoms with Gasteiger partial charge in [-0.3, -0.25) is 4.79 Å². The molecule has 0 radical (unpaired) electrons. The van der Waals surface area contributed by atoms with Crippen LogP contribution in [0.3, 0.4) is 0 Å². The molecule has 1 heterocycles. The predicted octanol–water partition coefficient (Wildman–Crippen LogP) is 2.72. The first-order valence-corrected chi connectivity index (χ1v) is 9.22. The van der Waals surface area contributed by atoms with Crippen molar-refractivity contribution in [1.29, 1.82) is 0 Å². The van der Waals surface area contributed by atoms with Gasteiger partial charge in [0.1, 0.15) is 18.1 Å². The van der Waals surface area contributed by atoms with Crippen molar-refractivity contribution in [1.82, 2.24) is 4.90 Å². The van der Waals surface area contributed by atoms with E-state index < -0.39 is 0 Å². The van der Waals surface area contributed by atoms with Crippen molar-refractivity contribution in [3.05, 3.63) is 47.5 Å². The Bertz CT molecular complexity index is 790. The summed E-state index contributed by atoms with van der Waals surface area (Å²) in [6, 6.07) is 11.8. The number of likely N-dealkylation sites (N-methyl/N-ethyl adjacent to an activating group) is 1. The lowest BCUT2D eigenvalue weighted by molar-refractivity contribution is -0.116. The fourth-order valence-corrected chi connectivity index (χ4v) is 3.17. The van der Waals surface area contributed by atoms with Gasteiger partial charge in [-0.1, -0.05) is 12.1 Å². The zero-order valence-corrected chi connectivity index (χ0v) is 16.0. The van der Waals surface area contributed by atoms with Crippen LogP contribution >= 0.6 is 0 Å². The highest BCUT2D eigenvalue weighted by Crippen LogP contribution is 2.38. The smallest absolute Gasteiger partial charge is 0.224 e. The molecule has 0 bridgehead atoms. The van der Waals surface area contributed by atoms with Gasteiger partial charge in [0.15, 0.2) is 0 Å². The van der Waals surface area contributed by atoms with Crippen molar-refractivity contribution in [2.45, 2.75) is 19.3 Å². The summed E-state index contributed by atoms with van der Waals surface area (Å²) in [5, 5.41) is 2.90. The van der Waals surface area contributed by atoms with Crippen LogP contribution in [0.1, 0.15) is 17.5 Å². The van der Waals surface area contributed by atoms with Crippen LogP contribution in [0.25, 0.3) is 0 Å². The van der Waals surface area contributed by atoms with Gasteiger partial charge in [0.05, 0.1) is 12.8 Å². The summed E-state index contributed by atoms with van der Waals surface area (Å²) in [6.45, 7) is 2.36. The number of ether oxygens (including phenoxy) is 2. The number of amides is 1. The van der Waals surface area contributed by atoms with Crippen molar-refractivity contribution < 1.29 is 14.3 Å². The normalized spacial score (nSPS) is 13.2. The number of rotatable bonds is 8. The summed E-state index contributed by atoms with van der Waals surface area (Å²) >= 11 is 0. The predicted molar refractivity (Wildman–Crippen MR) is 107 cm³/mol. The third kappa shape index (κ3) is 4.92. The molecule has 1 aliphatic rings. The van der Waals surface area contributed by atoms with Crippen LogP contribution < -0.4 is 20.5 Å².